The smallest absolute Gasteiger partial charge is 0.319 e. The van der Waals surface area contributed by atoms with Gasteiger partial charge < -0.3 is 19.6 Å². The number of benzene rings is 2. The van der Waals surface area contributed by atoms with Gasteiger partial charge in [0.1, 0.15) is 28.6 Å². The van der Waals surface area contributed by atoms with E-state index in [1.165, 1.54) is 24.3 Å². The Labute approximate surface area is 256 Å². The standard InChI is InChI=1S/C35H37F2N5O2/c1-3-24-27(36)12-11-22-18-23(43)19-25(29(22)24)31-30(37)32-26(20-38-31)33(42-16-6-4-5-7-17-42)40-34(39-32)44-21-35-13-8-10-28(35)41(2)15-9-14-35/h1,11-12,18-20,28,43H,4-10,13-17,21H2,2H3. The molecular formula is C35H37F2N5O2. The second-order valence-electron chi connectivity index (χ2n) is 12.7. The van der Waals surface area contributed by atoms with Crippen molar-refractivity contribution in [3.05, 3.63) is 47.7 Å². The number of hydrogen-bond acceptors (Lipinski definition) is 7. The first-order valence-electron chi connectivity index (χ1n) is 15.7. The summed E-state index contributed by atoms with van der Waals surface area (Å²) in [6, 6.07) is 6.21. The summed E-state index contributed by atoms with van der Waals surface area (Å²) >= 11 is 0. The summed E-state index contributed by atoms with van der Waals surface area (Å²) in [7, 11) is 2.19. The predicted molar refractivity (Wildman–Crippen MR) is 168 cm³/mol. The maximum atomic E-state index is 16.8. The first-order valence-corrected chi connectivity index (χ1v) is 15.7. The number of nitrogens with zero attached hydrogens (tertiary/aromatic N) is 5. The number of ether oxygens (including phenoxy) is 1. The summed E-state index contributed by atoms with van der Waals surface area (Å²) in [5.41, 5.74) is 0.221. The summed E-state index contributed by atoms with van der Waals surface area (Å²) in [6.07, 6.45) is 17.2. The van der Waals surface area contributed by atoms with E-state index in [0.29, 0.717) is 34.6 Å². The summed E-state index contributed by atoms with van der Waals surface area (Å²) in [4.78, 5) is 18.7. The number of halogens is 2. The fourth-order valence-corrected chi connectivity index (χ4v) is 7.94. The third-order valence-electron chi connectivity index (χ3n) is 10.1. The summed E-state index contributed by atoms with van der Waals surface area (Å²) < 4.78 is 38.0. The number of likely N-dealkylation sites (tertiary alicyclic amines) is 1. The average molecular weight is 598 g/mol. The molecule has 3 fully saturated rings. The fourth-order valence-electron chi connectivity index (χ4n) is 7.94. The molecule has 2 aromatic carbocycles. The van der Waals surface area contributed by atoms with Crippen molar-refractivity contribution in [1.29, 1.82) is 0 Å². The van der Waals surface area contributed by atoms with Crippen molar-refractivity contribution in [3.63, 3.8) is 0 Å². The average Bonchev–Trinajstić information content (AvgIpc) is 3.28. The fraction of sp³-hybridized carbons (Fsp3) is 0.457. The van der Waals surface area contributed by atoms with Crippen molar-refractivity contribution in [2.24, 2.45) is 5.41 Å². The van der Waals surface area contributed by atoms with Crippen LogP contribution in [0.25, 0.3) is 32.9 Å². The van der Waals surface area contributed by atoms with Crippen LogP contribution >= 0.6 is 0 Å². The monoisotopic (exact) mass is 597 g/mol. The number of fused-ring (bicyclic) bond motifs is 3. The van der Waals surface area contributed by atoms with Gasteiger partial charge in [-0.3, -0.25) is 4.98 Å². The van der Waals surface area contributed by atoms with Gasteiger partial charge in [-0.15, -0.1) is 6.42 Å². The number of terminal acetylenes is 1. The van der Waals surface area contributed by atoms with Gasteiger partial charge in [0.15, 0.2) is 5.82 Å². The lowest BCUT2D eigenvalue weighted by molar-refractivity contribution is 0.0133. The molecule has 2 atom stereocenters. The Morgan fingerprint density at radius 1 is 1.05 bits per heavy atom. The van der Waals surface area contributed by atoms with Gasteiger partial charge in [-0.25, -0.2) is 8.78 Å². The van der Waals surface area contributed by atoms with E-state index in [1.54, 1.807) is 6.20 Å². The normalized spacial score (nSPS) is 22.6. The first-order chi connectivity index (χ1) is 21.4. The van der Waals surface area contributed by atoms with Crippen molar-refractivity contribution in [1.82, 2.24) is 19.9 Å². The summed E-state index contributed by atoms with van der Waals surface area (Å²) in [5, 5.41) is 11.8. The van der Waals surface area contributed by atoms with Crippen molar-refractivity contribution < 1.29 is 18.6 Å². The second kappa shape index (κ2) is 11.5. The van der Waals surface area contributed by atoms with Crippen LogP contribution in [0.3, 0.4) is 0 Å². The first kappa shape index (κ1) is 28.7. The molecule has 44 heavy (non-hydrogen) atoms. The zero-order valence-corrected chi connectivity index (χ0v) is 25.1. The van der Waals surface area contributed by atoms with Crippen LogP contribution in [0.2, 0.25) is 0 Å². The van der Waals surface area contributed by atoms with Gasteiger partial charge in [0.2, 0.25) is 0 Å². The van der Waals surface area contributed by atoms with E-state index < -0.39 is 11.6 Å². The van der Waals surface area contributed by atoms with E-state index >= 15 is 4.39 Å². The van der Waals surface area contributed by atoms with Crippen LogP contribution < -0.4 is 9.64 Å². The molecule has 1 N–H and O–H groups in total. The molecule has 2 unspecified atom stereocenters. The van der Waals surface area contributed by atoms with Gasteiger partial charge in [0.05, 0.1) is 17.6 Å². The van der Waals surface area contributed by atoms with Crippen LogP contribution in [0.15, 0.2) is 30.5 Å². The minimum absolute atomic E-state index is 0.0152. The molecule has 7 nitrogen and oxygen atoms in total. The molecule has 0 spiro atoms. The third-order valence-corrected chi connectivity index (χ3v) is 10.1. The summed E-state index contributed by atoms with van der Waals surface area (Å²) in [6.45, 7) is 3.17. The van der Waals surface area contributed by atoms with E-state index in [0.717, 1.165) is 77.4 Å². The predicted octanol–water partition coefficient (Wildman–Crippen LogP) is 6.83. The Morgan fingerprint density at radius 2 is 1.84 bits per heavy atom. The van der Waals surface area contributed by atoms with Crippen LogP contribution in [-0.2, 0) is 0 Å². The molecule has 0 bridgehead atoms. The maximum absolute atomic E-state index is 16.8. The van der Waals surface area contributed by atoms with E-state index in [-0.39, 0.29) is 39.5 Å². The number of phenolic OH excluding ortho intramolecular Hbond substituents is 1. The molecule has 1 aliphatic carbocycles. The number of aromatic hydroxyl groups is 1. The van der Waals surface area contributed by atoms with Gasteiger partial charge in [-0.1, -0.05) is 31.2 Å². The Bertz CT molecular complexity index is 1780. The molecule has 0 radical (unpaired) electrons. The van der Waals surface area contributed by atoms with Gasteiger partial charge in [0, 0.05) is 41.7 Å². The Balaban J connectivity index is 1.37. The lowest BCUT2D eigenvalue weighted by Crippen LogP contribution is -2.50. The summed E-state index contributed by atoms with van der Waals surface area (Å²) in [5.74, 6) is 1.60. The van der Waals surface area contributed by atoms with E-state index in [1.807, 2.05) is 0 Å². The largest absolute Gasteiger partial charge is 0.508 e. The van der Waals surface area contributed by atoms with Crippen molar-refractivity contribution in [3.8, 4) is 35.4 Å². The highest BCUT2D eigenvalue weighted by Crippen LogP contribution is 2.47. The minimum atomic E-state index is -0.695. The highest BCUT2D eigenvalue weighted by atomic mass is 19.1. The molecule has 4 heterocycles. The highest BCUT2D eigenvalue weighted by Gasteiger charge is 2.47. The SMILES string of the molecule is C#Cc1c(F)ccc2cc(O)cc(-c3ncc4c(N5CCCCCC5)nc(OCC56CCCC5N(C)CCC6)nc4c3F)c12. The van der Waals surface area contributed by atoms with Crippen LogP contribution in [0, 0.1) is 29.4 Å². The molecule has 2 aliphatic heterocycles. The second-order valence-corrected chi connectivity index (χ2v) is 12.7. The zero-order valence-electron chi connectivity index (χ0n) is 25.1. The Morgan fingerprint density at radius 3 is 2.64 bits per heavy atom. The number of piperidine rings is 1. The third kappa shape index (κ3) is 4.89. The number of pyridine rings is 1. The van der Waals surface area contributed by atoms with Gasteiger partial charge >= 0.3 is 6.01 Å². The lowest BCUT2D eigenvalue weighted by atomic mass is 9.76. The van der Waals surface area contributed by atoms with E-state index in [9.17, 15) is 9.50 Å². The van der Waals surface area contributed by atoms with Crippen molar-refractivity contribution in [2.45, 2.75) is 63.8 Å². The van der Waals surface area contributed by atoms with Crippen LogP contribution in [0.5, 0.6) is 11.8 Å². The van der Waals surface area contributed by atoms with Gasteiger partial charge in [-0.2, -0.15) is 9.97 Å². The van der Waals surface area contributed by atoms with Gasteiger partial charge in [-0.05, 0) is 75.7 Å². The van der Waals surface area contributed by atoms with Crippen molar-refractivity contribution in [2.75, 3.05) is 38.2 Å². The Kier molecular flexibility index (Phi) is 7.49. The molecule has 3 aliphatic rings. The topological polar surface area (TPSA) is 74.6 Å². The highest BCUT2D eigenvalue weighted by molar-refractivity contribution is 6.03. The van der Waals surface area contributed by atoms with E-state index in [2.05, 4.69) is 32.7 Å². The number of hydrogen-bond donors (Lipinski definition) is 1. The number of aromatic nitrogens is 3. The molecule has 2 saturated heterocycles. The van der Waals surface area contributed by atoms with E-state index in [4.69, 9.17) is 16.1 Å². The van der Waals surface area contributed by atoms with Crippen LogP contribution in [-0.4, -0.2) is 64.3 Å². The van der Waals surface area contributed by atoms with Crippen molar-refractivity contribution >= 4 is 27.5 Å². The minimum Gasteiger partial charge on any atom is -0.508 e. The molecule has 7 rings (SSSR count). The molecule has 2 aromatic heterocycles. The molecule has 228 valence electrons. The van der Waals surface area contributed by atoms with Crippen LogP contribution in [0.1, 0.15) is 63.4 Å². The lowest BCUT2D eigenvalue weighted by Gasteiger charge is -2.44. The maximum Gasteiger partial charge on any atom is 0.319 e. The van der Waals surface area contributed by atoms with Crippen LogP contribution in [0.4, 0.5) is 14.6 Å². The number of phenols is 1. The Hall–Kier alpha value is -4.03. The van der Waals surface area contributed by atoms with Gasteiger partial charge in [0.25, 0.3) is 0 Å². The molecule has 9 heteroatoms. The molecule has 1 saturated carbocycles. The molecular weight excluding hydrogens is 560 g/mol. The number of anilines is 1. The number of rotatable bonds is 5. The quantitative estimate of drug-likeness (QED) is 0.253. The molecule has 0 amide bonds. The molecule has 4 aromatic rings. The zero-order chi connectivity index (χ0) is 30.4.